The third-order valence-corrected chi connectivity index (χ3v) is 7.89. The summed E-state index contributed by atoms with van der Waals surface area (Å²) in [4.78, 5) is 13.2. The number of nitrogens with zero attached hydrogens (tertiary/aromatic N) is 1. The molecule has 0 fully saturated rings. The molecule has 0 aliphatic carbocycles. The second-order valence-corrected chi connectivity index (χ2v) is 10.9. The number of benzene rings is 3. The molecule has 0 saturated heterocycles. The van der Waals surface area contributed by atoms with Crippen LogP contribution in [0.15, 0.2) is 76.1 Å². The van der Waals surface area contributed by atoms with Crippen molar-refractivity contribution in [3.05, 3.63) is 92.9 Å². The number of anilines is 1. The lowest BCUT2D eigenvalue weighted by molar-refractivity contribution is -0.116. The molecule has 174 valence electrons. The molecule has 0 radical (unpaired) electrons. The molecule has 0 aliphatic heterocycles. The number of para-hydroxylation sites is 1. The molecule has 33 heavy (non-hydrogen) atoms. The predicted octanol–water partition coefficient (Wildman–Crippen LogP) is 6.06. The number of carbonyl (C=O) groups excluding carboxylic acids is 1. The minimum atomic E-state index is -3.94. The topological polar surface area (TPSA) is 66.5 Å². The number of hydrogen-bond acceptors (Lipinski definition) is 3. The summed E-state index contributed by atoms with van der Waals surface area (Å²) in [5.74, 6) is -0.389. The maximum absolute atomic E-state index is 13.4. The fourth-order valence-electron chi connectivity index (χ4n) is 3.52. The summed E-state index contributed by atoms with van der Waals surface area (Å²) in [5.41, 5.74) is 3.57. The van der Waals surface area contributed by atoms with Gasteiger partial charge in [-0.05, 0) is 65.9 Å². The third kappa shape index (κ3) is 6.44. The summed E-state index contributed by atoms with van der Waals surface area (Å²) in [5, 5.41) is 3.40. The predicted molar refractivity (Wildman–Crippen MR) is 137 cm³/mol. The fraction of sp³-hybridized carbons (Fsp3) is 0.240. The number of hydrogen-bond donors (Lipinski definition) is 1. The van der Waals surface area contributed by atoms with Crippen LogP contribution in [0.3, 0.4) is 0 Å². The van der Waals surface area contributed by atoms with Gasteiger partial charge in [-0.25, -0.2) is 8.42 Å². The Morgan fingerprint density at radius 2 is 1.52 bits per heavy atom. The second kappa shape index (κ2) is 11.3. The van der Waals surface area contributed by atoms with Crippen LogP contribution in [0.1, 0.15) is 30.5 Å². The largest absolute Gasteiger partial charge is 0.324 e. The lowest BCUT2D eigenvalue weighted by Gasteiger charge is -2.23. The Kier molecular flexibility index (Phi) is 8.70. The standard InChI is InChI=1S/C25H26BrClN2O3S/c1-3-19-6-5-7-20(4-2)25(19)28-24(30)17-29(16-18-8-10-21(26)11-9-18)33(31,32)23-14-12-22(27)13-15-23/h5-15H,3-4,16-17H2,1-2H3,(H,28,30). The number of amides is 1. The van der Waals surface area contributed by atoms with E-state index in [0.29, 0.717) is 5.02 Å². The Hall–Kier alpha value is -2.19. The fourth-order valence-corrected chi connectivity index (χ4v) is 5.29. The molecule has 0 heterocycles. The lowest BCUT2D eigenvalue weighted by Crippen LogP contribution is -2.37. The van der Waals surface area contributed by atoms with Crippen molar-refractivity contribution >= 4 is 49.1 Å². The highest BCUT2D eigenvalue weighted by atomic mass is 79.9. The summed E-state index contributed by atoms with van der Waals surface area (Å²) in [6, 6.07) is 19.2. The zero-order chi connectivity index (χ0) is 24.0. The zero-order valence-electron chi connectivity index (χ0n) is 18.5. The molecule has 0 aliphatic rings. The first-order valence-corrected chi connectivity index (χ1v) is 13.3. The van der Waals surface area contributed by atoms with Gasteiger partial charge < -0.3 is 5.32 Å². The van der Waals surface area contributed by atoms with Gasteiger partial charge in [0.1, 0.15) is 0 Å². The first-order chi connectivity index (χ1) is 15.7. The molecule has 1 amide bonds. The molecule has 3 rings (SSSR count). The van der Waals surface area contributed by atoms with Gasteiger partial charge in [-0.15, -0.1) is 0 Å². The van der Waals surface area contributed by atoms with Crippen molar-refractivity contribution in [1.29, 1.82) is 0 Å². The van der Waals surface area contributed by atoms with Gasteiger partial charge >= 0.3 is 0 Å². The average molecular weight is 550 g/mol. The first kappa shape index (κ1) is 25.4. The Bertz CT molecular complexity index is 1190. The van der Waals surface area contributed by atoms with Gasteiger partial charge in [-0.1, -0.05) is 71.7 Å². The van der Waals surface area contributed by atoms with E-state index in [9.17, 15) is 13.2 Å². The minimum absolute atomic E-state index is 0.0573. The smallest absolute Gasteiger partial charge is 0.243 e. The number of rotatable bonds is 9. The molecule has 5 nitrogen and oxygen atoms in total. The molecule has 0 atom stereocenters. The van der Waals surface area contributed by atoms with Gasteiger partial charge in [0.05, 0.1) is 11.4 Å². The van der Waals surface area contributed by atoms with Crippen molar-refractivity contribution in [2.75, 3.05) is 11.9 Å². The molecule has 0 unspecified atom stereocenters. The van der Waals surface area contributed by atoms with Gasteiger partial charge in [0.2, 0.25) is 15.9 Å². The Labute approximate surface area is 209 Å². The van der Waals surface area contributed by atoms with E-state index in [4.69, 9.17) is 11.6 Å². The molecule has 0 aromatic heterocycles. The third-order valence-electron chi connectivity index (χ3n) is 5.31. The van der Waals surface area contributed by atoms with Crippen LogP contribution in [-0.4, -0.2) is 25.2 Å². The van der Waals surface area contributed by atoms with Gasteiger partial charge in [0, 0.05) is 21.7 Å². The Morgan fingerprint density at radius 1 is 0.939 bits per heavy atom. The van der Waals surface area contributed by atoms with Crippen molar-refractivity contribution < 1.29 is 13.2 Å². The van der Waals surface area contributed by atoms with Crippen molar-refractivity contribution in [2.45, 2.75) is 38.1 Å². The van der Waals surface area contributed by atoms with E-state index < -0.39 is 10.0 Å². The molecule has 0 bridgehead atoms. The maximum atomic E-state index is 13.4. The number of carbonyl (C=O) groups is 1. The van der Waals surface area contributed by atoms with E-state index in [1.54, 1.807) is 0 Å². The van der Waals surface area contributed by atoms with E-state index in [1.165, 1.54) is 28.6 Å². The zero-order valence-corrected chi connectivity index (χ0v) is 21.7. The van der Waals surface area contributed by atoms with E-state index in [1.807, 2.05) is 56.3 Å². The molecule has 1 N–H and O–H groups in total. The van der Waals surface area contributed by atoms with E-state index in [-0.39, 0.29) is 23.9 Å². The summed E-state index contributed by atoms with van der Waals surface area (Å²) >= 11 is 9.33. The molecule has 0 saturated carbocycles. The van der Waals surface area contributed by atoms with Crippen molar-refractivity contribution in [3.8, 4) is 0 Å². The summed E-state index contributed by atoms with van der Waals surface area (Å²) in [6.45, 7) is 3.79. The van der Waals surface area contributed by atoms with Gasteiger partial charge in [-0.3, -0.25) is 4.79 Å². The molecular weight excluding hydrogens is 524 g/mol. The minimum Gasteiger partial charge on any atom is -0.324 e. The number of nitrogens with one attached hydrogen (secondary N) is 1. The van der Waals surface area contributed by atoms with Crippen LogP contribution in [0.5, 0.6) is 0 Å². The van der Waals surface area contributed by atoms with Crippen molar-refractivity contribution in [1.82, 2.24) is 4.31 Å². The maximum Gasteiger partial charge on any atom is 0.243 e. The summed E-state index contributed by atoms with van der Waals surface area (Å²) < 4.78 is 29.0. The number of halogens is 2. The molecular formula is C25H26BrClN2O3S. The molecule has 8 heteroatoms. The van der Waals surface area contributed by atoms with Crippen LogP contribution < -0.4 is 5.32 Å². The highest BCUT2D eigenvalue weighted by molar-refractivity contribution is 9.10. The Morgan fingerprint density at radius 3 is 2.06 bits per heavy atom. The van der Waals surface area contributed by atoms with Gasteiger partial charge in [0.15, 0.2) is 0 Å². The van der Waals surface area contributed by atoms with Gasteiger partial charge in [-0.2, -0.15) is 4.31 Å². The normalized spacial score (nSPS) is 11.5. The highest BCUT2D eigenvalue weighted by Gasteiger charge is 2.27. The first-order valence-electron chi connectivity index (χ1n) is 10.6. The highest BCUT2D eigenvalue weighted by Crippen LogP contribution is 2.24. The van der Waals surface area contributed by atoms with Crippen LogP contribution >= 0.6 is 27.5 Å². The van der Waals surface area contributed by atoms with Crippen LogP contribution in [0.25, 0.3) is 0 Å². The average Bonchev–Trinajstić information content (AvgIpc) is 2.80. The van der Waals surface area contributed by atoms with Crippen LogP contribution in [-0.2, 0) is 34.2 Å². The molecule has 3 aromatic rings. The quantitative estimate of drug-likeness (QED) is 0.353. The van der Waals surface area contributed by atoms with E-state index >= 15 is 0 Å². The Balaban J connectivity index is 1.92. The second-order valence-electron chi connectivity index (χ2n) is 7.56. The summed E-state index contributed by atoms with van der Waals surface area (Å²) in [6.07, 6.45) is 1.52. The van der Waals surface area contributed by atoms with Crippen molar-refractivity contribution in [3.63, 3.8) is 0 Å². The molecule has 3 aromatic carbocycles. The van der Waals surface area contributed by atoms with E-state index in [2.05, 4.69) is 21.2 Å². The van der Waals surface area contributed by atoms with Crippen molar-refractivity contribution in [2.24, 2.45) is 0 Å². The van der Waals surface area contributed by atoms with Gasteiger partial charge in [0.25, 0.3) is 0 Å². The SMILES string of the molecule is CCc1cccc(CC)c1NC(=O)CN(Cc1ccc(Br)cc1)S(=O)(=O)c1ccc(Cl)cc1. The number of sulfonamides is 1. The van der Waals surface area contributed by atoms with E-state index in [0.717, 1.165) is 39.7 Å². The monoisotopic (exact) mass is 548 g/mol. The van der Waals surface area contributed by atoms with Crippen LogP contribution in [0.2, 0.25) is 5.02 Å². The van der Waals surface area contributed by atoms with Crippen LogP contribution in [0, 0.1) is 0 Å². The molecule has 0 spiro atoms. The van der Waals surface area contributed by atoms with Crippen LogP contribution in [0.4, 0.5) is 5.69 Å². The number of aryl methyl sites for hydroxylation is 2. The summed E-state index contributed by atoms with van der Waals surface area (Å²) in [7, 11) is -3.94. The lowest BCUT2D eigenvalue weighted by atomic mass is 10.0.